The second kappa shape index (κ2) is 5.85. The number of rotatable bonds is 4. The molecule has 0 bridgehead atoms. The summed E-state index contributed by atoms with van der Waals surface area (Å²) in [6.45, 7) is 12.3. The number of hydrogen-bond donors (Lipinski definition) is 2. The van der Waals surface area contributed by atoms with Crippen molar-refractivity contribution in [3.05, 3.63) is 0 Å². The molecule has 21 heavy (non-hydrogen) atoms. The van der Waals surface area contributed by atoms with Crippen molar-refractivity contribution in [3.63, 3.8) is 0 Å². The van der Waals surface area contributed by atoms with E-state index in [0.29, 0.717) is 10.8 Å². The Hall–Kier alpha value is -0.0800. The zero-order valence-corrected chi connectivity index (χ0v) is 14.7. The molecule has 0 aromatic rings. The molecule has 1 saturated heterocycles. The second-order valence-electron chi connectivity index (χ2n) is 9.02. The fourth-order valence-corrected chi connectivity index (χ4v) is 5.25. The maximum atomic E-state index is 4.00. The largest absolute Gasteiger partial charge is 0.314 e. The van der Waals surface area contributed by atoms with E-state index < -0.39 is 0 Å². The molecule has 0 aromatic carbocycles. The van der Waals surface area contributed by atoms with Crippen LogP contribution >= 0.6 is 0 Å². The first-order valence-electron chi connectivity index (χ1n) is 9.41. The molecule has 0 amide bonds. The smallest absolute Gasteiger partial charge is 0.0110 e. The molecule has 2 nitrogen and oxygen atoms in total. The SMILES string of the molecule is CC1(C)C(CNC2CCCCC2C2CCCCN2)C1(C)C. The summed E-state index contributed by atoms with van der Waals surface area (Å²) < 4.78 is 0. The molecule has 122 valence electrons. The summed E-state index contributed by atoms with van der Waals surface area (Å²) in [5.41, 5.74) is 1.04. The third-order valence-corrected chi connectivity index (χ3v) is 7.59. The van der Waals surface area contributed by atoms with E-state index in [-0.39, 0.29) is 0 Å². The van der Waals surface area contributed by atoms with Crippen molar-refractivity contribution in [2.45, 2.75) is 84.7 Å². The Morgan fingerprint density at radius 3 is 2.19 bits per heavy atom. The van der Waals surface area contributed by atoms with E-state index >= 15 is 0 Å². The van der Waals surface area contributed by atoms with Gasteiger partial charge in [-0.3, -0.25) is 0 Å². The van der Waals surface area contributed by atoms with Gasteiger partial charge in [0.1, 0.15) is 0 Å². The third kappa shape index (κ3) is 2.91. The quantitative estimate of drug-likeness (QED) is 0.819. The molecule has 2 heteroatoms. The van der Waals surface area contributed by atoms with Crippen LogP contribution in [0.2, 0.25) is 0 Å². The Bertz CT molecular complexity index is 341. The Morgan fingerprint density at radius 1 is 0.905 bits per heavy atom. The molecule has 1 heterocycles. The number of piperidine rings is 1. The molecule has 1 aliphatic heterocycles. The van der Waals surface area contributed by atoms with Gasteiger partial charge in [0.25, 0.3) is 0 Å². The summed E-state index contributed by atoms with van der Waals surface area (Å²) in [6, 6.07) is 1.55. The van der Waals surface area contributed by atoms with Crippen LogP contribution in [0.25, 0.3) is 0 Å². The van der Waals surface area contributed by atoms with Gasteiger partial charge in [0.05, 0.1) is 0 Å². The maximum Gasteiger partial charge on any atom is 0.0110 e. The Kier molecular flexibility index (Phi) is 4.40. The lowest BCUT2D eigenvalue weighted by molar-refractivity contribution is 0.179. The molecule has 3 rings (SSSR count). The van der Waals surface area contributed by atoms with E-state index in [4.69, 9.17) is 0 Å². The van der Waals surface area contributed by atoms with Crippen molar-refractivity contribution in [2.24, 2.45) is 22.7 Å². The van der Waals surface area contributed by atoms with E-state index in [1.165, 1.54) is 58.0 Å². The summed E-state index contributed by atoms with van der Waals surface area (Å²) in [6.07, 6.45) is 9.93. The highest BCUT2D eigenvalue weighted by molar-refractivity contribution is 5.13. The maximum absolute atomic E-state index is 4.00. The first kappa shape index (κ1) is 15.8. The van der Waals surface area contributed by atoms with Crippen LogP contribution in [0.4, 0.5) is 0 Å². The third-order valence-electron chi connectivity index (χ3n) is 7.59. The lowest BCUT2D eigenvalue weighted by Gasteiger charge is -2.40. The minimum atomic E-state index is 0.521. The summed E-state index contributed by atoms with van der Waals surface area (Å²) in [4.78, 5) is 0. The van der Waals surface area contributed by atoms with Crippen LogP contribution in [0.5, 0.6) is 0 Å². The van der Waals surface area contributed by atoms with Crippen molar-refractivity contribution in [2.75, 3.05) is 13.1 Å². The molecular formula is C19H36N2. The van der Waals surface area contributed by atoms with Gasteiger partial charge in [-0.15, -0.1) is 0 Å². The Balaban J connectivity index is 1.55. The molecular weight excluding hydrogens is 256 g/mol. The predicted octanol–water partition coefficient (Wildman–Crippen LogP) is 3.96. The topological polar surface area (TPSA) is 24.1 Å². The van der Waals surface area contributed by atoms with Crippen LogP contribution in [-0.2, 0) is 0 Å². The molecule has 0 radical (unpaired) electrons. The van der Waals surface area contributed by atoms with Crippen molar-refractivity contribution < 1.29 is 0 Å². The highest BCUT2D eigenvalue weighted by atomic mass is 15.0. The average molecular weight is 293 g/mol. The zero-order chi connectivity index (χ0) is 15.1. The van der Waals surface area contributed by atoms with E-state index in [1.807, 2.05) is 0 Å². The predicted molar refractivity (Wildman–Crippen MR) is 90.4 cm³/mol. The van der Waals surface area contributed by atoms with Crippen LogP contribution < -0.4 is 10.6 Å². The van der Waals surface area contributed by atoms with Gasteiger partial charge >= 0.3 is 0 Å². The lowest BCUT2D eigenvalue weighted by atomic mass is 9.77. The van der Waals surface area contributed by atoms with Crippen molar-refractivity contribution in [3.8, 4) is 0 Å². The number of nitrogens with one attached hydrogen (secondary N) is 2. The Morgan fingerprint density at radius 2 is 1.57 bits per heavy atom. The standard InChI is InChI=1S/C19H36N2/c1-18(2)17(19(18,3)4)13-21-16-10-6-5-9-14(16)15-11-7-8-12-20-15/h14-17,20-21H,5-13H2,1-4H3. The molecule has 2 N–H and O–H groups in total. The highest BCUT2D eigenvalue weighted by Crippen LogP contribution is 2.68. The molecule has 3 unspecified atom stereocenters. The van der Waals surface area contributed by atoms with Gasteiger partial charge < -0.3 is 10.6 Å². The van der Waals surface area contributed by atoms with Crippen LogP contribution in [0.15, 0.2) is 0 Å². The van der Waals surface area contributed by atoms with Gasteiger partial charge in [0, 0.05) is 12.1 Å². The minimum absolute atomic E-state index is 0.521. The minimum Gasteiger partial charge on any atom is -0.314 e. The molecule has 3 aliphatic rings. The van der Waals surface area contributed by atoms with Crippen LogP contribution in [0, 0.1) is 22.7 Å². The van der Waals surface area contributed by atoms with Crippen molar-refractivity contribution >= 4 is 0 Å². The molecule has 2 saturated carbocycles. The van der Waals surface area contributed by atoms with Gasteiger partial charge in [-0.05, 0) is 61.4 Å². The lowest BCUT2D eigenvalue weighted by Crippen LogP contribution is -2.51. The van der Waals surface area contributed by atoms with Crippen molar-refractivity contribution in [1.82, 2.24) is 10.6 Å². The summed E-state index contributed by atoms with van der Waals surface area (Å²) in [5, 5.41) is 7.82. The first-order chi connectivity index (χ1) is 9.94. The van der Waals surface area contributed by atoms with Crippen LogP contribution in [-0.4, -0.2) is 25.2 Å². The monoisotopic (exact) mass is 292 g/mol. The Labute approximate surface area is 131 Å². The van der Waals surface area contributed by atoms with Gasteiger partial charge in [0.15, 0.2) is 0 Å². The summed E-state index contributed by atoms with van der Waals surface area (Å²) in [7, 11) is 0. The van der Waals surface area contributed by atoms with E-state index in [2.05, 4.69) is 38.3 Å². The van der Waals surface area contributed by atoms with Crippen LogP contribution in [0.1, 0.15) is 72.6 Å². The van der Waals surface area contributed by atoms with E-state index in [9.17, 15) is 0 Å². The van der Waals surface area contributed by atoms with E-state index in [0.717, 1.165) is 23.9 Å². The molecule has 0 aromatic heterocycles. The van der Waals surface area contributed by atoms with Gasteiger partial charge in [0.2, 0.25) is 0 Å². The normalized spacial score (nSPS) is 39.1. The van der Waals surface area contributed by atoms with Gasteiger partial charge in [-0.2, -0.15) is 0 Å². The number of hydrogen-bond acceptors (Lipinski definition) is 2. The molecule has 3 fully saturated rings. The second-order valence-corrected chi connectivity index (χ2v) is 9.02. The summed E-state index contributed by atoms with van der Waals surface area (Å²) in [5.74, 6) is 1.73. The van der Waals surface area contributed by atoms with Crippen molar-refractivity contribution in [1.29, 1.82) is 0 Å². The highest BCUT2D eigenvalue weighted by Gasteiger charge is 2.64. The van der Waals surface area contributed by atoms with E-state index in [1.54, 1.807) is 0 Å². The van der Waals surface area contributed by atoms with Gasteiger partial charge in [-0.1, -0.05) is 47.0 Å². The molecule has 3 atom stereocenters. The average Bonchev–Trinajstić information content (AvgIpc) is 2.87. The summed E-state index contributed by atoms with van der Waals surface area (Å²) >= 11 is 0. The molecule has 0 spiro atoms. The fraction of sp³-hybridized carbons (Fsp3) is 1.00. The zero-order valence-electron chi connectivity index (χ0n) is 14.7. The first-order valence-corrected chi connectivity index (χ1v) is 9.41. The fourth-order valence-electron chi connectivity index (χ4n) is 5.25. The molecule has 2 aliphatic carbocycles. The van der Waals surface area contributed by atoms with Gasteiger partial charge in [-0.25, -0.2) is 0 Å². The van der Waals surface area contributed by atoms with Crippen LogP contribution in [0.3, 0.4) is 0 Å².